The highest BCUT2D eigenvalue weighted by Gasteiger charge is 2.47. The first-order valence-electron chi connectivity index (χ1n) is 12.6. The quantitative estimate of drug-likeness (QED) is 0.360. The molecule has 1 atom stereocenters. The Kier molecular flexibility index (Phi) is 6.24. The Morgan fingerprint density at radius 1 is 1.22 bits per heavy atom. The first kappa shape index (κ1) is 23.8. The molecule has 4 aromatic rings. The van der Waals surface area contributed by atoms with Crippen molar-refractivity contribution in [3.05, 3.63) is 42.7 Å². The van der Waals surface area contributed by atoms with Gasteiger partial charge in [-0.2, -0.15) is 20.6 Å². The van der Waals surface area contributed by atoms with E-state index in [1.54, 1.807) is 18.0 Å². The standard InChI is InChI=1S/C26H30N8O3/c1-32-15-20(22(31-32)17-37-24-5-3-4-10-36-24)21-16-33-23(6-9-28-33)25(30-21)18-13-29-34(14-18)26(7-8-27)11-19(12-26)35-2/h6,9,13-16,19,24H,3-5,7,10-12,17H2,1-2H3/t19-,24?,26+. The zero-order valence-electron chi connectivity index (χ0n) is 21.1. The number of aryl methyl sites for hydroxylation is 1. The van der Waals surface area contributed by atoms with Crippen LogP contribution in [0.1, 0.15) is 44.2 Å². The van der Waals surface area contributed by atoms with E-state index in [9.17, 15) is 5.26 Å². The van der Waals surface area contributed by atoms with E-state index in [0.717, 1.165) is 72.4 Å². The third-order valence-electron chi connectivity index (χ3n) is 7.41. The SMILES string of the molecule is CO[C@H]1C[C@@](CC#N)(n2cc(-c3nc(-c4cn(C)nc4COC4CCCCO4)cn4nccc34)cn2)C1. The lowest BCUT2D eigenvalue weighted by Gasteiger charge is -2.45. The average molecular weight is 503 g/mol. The number of methoxy groups -OCH3 is 1. The molecule has 0 radical (unpaired) electrons. The van der Waals surface area contributed by atoms with Crippen molar-refractivity contribution in [1.29, 1.82) is 5.26 Å². The molecule has 2 aliphatic rings. The van der Waals surface area contributed by atoms with Gasteiger partial charge in [-0.25, -0.2) is 9.50 Å². The van der Waals surface area contributed by atoms with E-state index < -0.39 is 0 Å². The van der Waals surface area contributed by atoms with Gasteiger partial charge in [-0.15, -0.1) is 0 Å². The number of rotatable bonds is 8. The molecular weight excluding hydrogens is 472 g/mol. The molecule has 1 saturated heterocycles. The molecule has 11 nitrogen and oxygen atoms in total. The molecule has 1 aliphatic heterocycles. The molecule has 192 valence electrons. The van der Waals surface area contributed by atoms with Gasteiger partial charge >= 0.3 is 0 Å². The monoisotopic (exact) mass is 502 g/mol. The summed E-state index contributed by atoms with van der Waals surface area (Å²) >= 11 is 0. The fraction of sp³-hybridized carbons (Fsp3) is 0.500. The smallest absolute Gasteiger partial charge is 0.158 e. The van der Waals surface area contributed by atoms with Crippen LogP contribution in [0.4, 0.5) is 0 Å². The molecule has 0 aromatic carbocycles. The topological polar surface area (TPSA) is 117 Å². The number of hydrogen-bond donors (Lipinski definition) is 0. The number of aromatic nitrogens is 7. The molecule has 1 saturated carbocycles. The van der Waals surface area contributed by atoms with Gasteiger partial charge in [0, 0.05) is 44.3 Å². The van der Waals surface area contributed by atoms with E-state index in [1.807, 2.05) is 47.1 Å². The maximum Gasteiger partial charge on any atom is 0.158 e. The Balaban J connectivity index is 1.34. The number of nitriles is 1. The fourth-order valence-electron chi connectivity index (χ4n) is 5.36. The normalized spacial score (nSPS) is 23.7. The van der Waals surface area contributed by atoms with Crippen LogP contribution in [-0.2, 0) is 33.4 Å². The van der Waals surface area contributed by atoms with Crippen molar-refractivity contribution >= 4 is 5.52 Å². The zero-order valence-corrected chi connectivity index (χ0v) is 21.1. The van der Waals surface area contributed by atoms with Crippen LogP contribution in [0.2, 0.25) is 0 Å². The fourth-order valence-corrected chi connectivity index (χ4v) is 5.36. The van der Waals surface area contributed by atoms with Crippen molar-refractivity contribution < 1.29 is 14.2 Å². The Bertz CT molecular complexity index is 1440. The van der Waals surface area contributed by atoms with Crippen LogP contribution in [0.25, 0.3) is 28.0 Å². The Hall–Kier alpha value is -3.59. The summed E-state index contributed by atoms with van der Waals surface area (Å²) in [5.74, 6) is 0. The highest BCUT2D eigenvalue weighted by molar-refractivity contribution is 5.78. The van der Waals surface area contributed by atoms with E-state index in [-0.39, 0.29) is 17.9 Å². The van der Waals surface area contributed by atoms with Crippen molar-refractivity contribution in [2.75, 3.05) is 13.7 Å². The zero-order chi connectivity index (χ0) is 25.4. The maximum atomic E-state index is 9.46. The van der Waals surface area contributed by atoms with Gasteiger partial charge in [0.1, 0.15) is 0 Å². The first-order valence-corrected chi connectivity index (χ1v) is 12.6. The summed E-state index contributed by atoms with van der Waals surface area (Å²) in [6.45, 7) is 1.07. The summed E-state index contributed by atoms with van der Waals surface area (Å²) in [6.07, 6.45) is 14.3. The molecule has 0 bridgehead atoms. The highest BCUT2D eigenvalue weighted by atomic mass is 16.7. The second-order valence-corrected chi connectivity index (χ2v) is 9.90. The van der Waals surface area contributed by atoms with Gasteiger partial charge in [0.05, 0.1) is 71.9 Å². The third-order valence-corrected chi connectivity index (χ3v) is 7.41. The van der Waals surface area contributed by atoms with Crippen LogP contribution < -0.4 is 0 Å². The van der Waals surface area contributed by atoms with Gasteiger partial charge < -0.3 is 14.2 Å². The number of fused-ring (bicyclic) bond motifs is 1. The van der Waals surface area contributed by atoms with Crippen LogP contribution in [0.5, 0.6) is 0 Å². The molecular formula is C26H30N8O3. The minimum atomic E-state index is -0.350. The Morgan fingerprint density at radius 3 is 2.89 bits per heavy atom. The van der Waals surface area contributed by atoms with E-state index in [0.29, 0.717) is 13.0 Å². The predicted octanol–water partition coefficient (Wildman–Crippen LogP) is 3.45. The van der Waals surface area contributed by atoms with Gasteiger partial charge in [-0.05, 0) is 38.2 Å². The van der Waals surface area contributed by atoms with E-state index in [4.69, 9.17) is 19.2 Å². The first-order chi connectivity index (χ1) is 18.1. The van der Waals surface area contributed by atoms with E-state index >= 15 is 0 Å². The molecule has 37 heavy (non-hydrogen) atoms. The maximum absolute atomic E-state index is 9.46. The minimum absolute atomic E-state index is 0.147. The molecule has 1 aliphatic carbocycles. The lowest BCUT2D eigenvalue weighted by atomic mass is 9.72. The number of ether oxygens (including phenoxy) is 3. The Labute approximate surface area is 214 Å². The van der Waals surface area contributed by atoms with Gasteiger partial charge in [0.15, 0.2) is 6.29 Å². The molecule has 2 fully saturated rings. The van der Waals surface area contributed by atoms with Crippen LogP contribution in [-0.4, -0.2) is 60.3 Å². The molecule has 0 spiro atoms. The largest absolute Gasteiger partial charge is 0.381 e. The van der Waals surface area contributed by atoms with Gasteiger partial charge in [0.2, 0.25) is 0 Å². The van der Waals surface area contributed by atoms with Crippen LogP contribution in [0, 0.1) is 11.3 Å². The summed E-state index contributed by atoms with van der Waals surface area (Å²) in [5, 5.41) is 23.3. The van der Waals surface area contributed by atoms with Crippen molar-refractivity contribution in [3.8, 4) is 28.6 Å². The number of hydrogen-bond acceptors (Lipinski definition) is 8. The van der Waals surface area contributed by atoms with E-state index in [1.165, 1.54) is 0 Å². The van der Waals surface area contributed by atoms with Crippen molar-refractivity contribution in [2.45, 2.75) is 63.1 Å². The van der Waals surface area contributed by atoms with Gasteiger partial charge in [0.25, 0.3) is 0 Å². The summed E-state index contributed by atoms with van der Waals surface area (Å²) in [7, 11) is 3.60. The average Bonchev–Trinajstić information content (AvgIpc) is 3.64. The molecule has 0 N–H and O–H groups in total. The molecule has 6 rings (SSSR count). The number of nitrogens with zero attached hydrogens (tertiary/aromatic N) is 8. The van der Waals surface area contributed by atoms with Crippen LogP contribution >= 0.6 is 0 Å². The summed E-state index contributed by atoms with van der Waals surface area (Å²) in [6, 6.07) is 4.26. The molecule has 4 aromatic heterocycles. The minimum Gasteiger partial charge on any atom is -0.381 e. The molecule has 1 unspecified atom stereocenters. The van der Waals surface area contributed by atoms with Crippen molar-refractivity contribution in [1.82, 2.24) is 34.2 Å². The lowest BCUT2D eigenvalue weighted by Crippen LogP contribution is -2.50. The highest BCUT2D eigenvalue weighted by Crippen LogP contribution is 2.44. The van der Waals surface area contributed by atoms with Crippen LogP contribution in [0.15, 0.2) is 37.1 Å². The van der Waals surface area contributed by atoms with Crippen LogP contribution in [0.3, 0.4) is 0 Å². The summed E-state index contributed by atoms with van der Waals surface area (Å²) in [5.41, 5.74) is 4.57. The third kappa shape index (κ3) is 4.41. The van der Waals surface area contributed by atoms with Gasteiger partial charge in [-0.3, -0.25) is 9.36 Å². The van der Waals surface area contributed by atoms with E-state index in [2.05, 4.69) is 21.4 Å². The Morgan fingerprint density at radius 2 is 2.11 bits per heavy atom. The summed E-state index contributed by atoms with van der Waals surface area (Å²) in [4.78, 5) is 5.05. The summed E-state index contributed by atoms with van der Waals surface area (Å²) < 4.78 is 22.8. The second-order valence-electron chi connectivity index (χ2n) is 9.90. The lowest BCUT2D eigenvalue weighted by molar-refractivity contribution is -0.169. The van der Waals surface area contributed by atoms with Crippen molar-refractivity contribution in [2.24, 2.45) is 7.05 Å². The predicted molar refractivity (Wildman–Crippen MR) is 133 cm³/mol. The second kappa shape index (κ2) is 9.70. The van der Waals surface area contributed by atoms with Gasteiger partial charge in [-0.1, -0.05) is 0 Å². The molecule has 5 heterocycles. The van der Waals surface area contributed by atoms with Crippen molar-refractivity contribution in [3.63, 3.8) is 0 Å². The molecule has 11 heteroatoms. The molecule has 0 amide bonds.